The topological polar surface area (TPSA) is 12.0 Å². The largest absolute Gasteiger partial charge is 0.316 e. The third-order valence-electron chi connectivity index (χ3n) is 3.26. The highest BCUT2D eigenvalue weighted by Crippen LogP contribution is 2.36. The summed E-state index contributed by atoms with van der Waals surface area (Å²) >= 11 is 0. The predicted octanol–water partition coefficient (Wildman–Crippen LogP) is 2.82. The molecule has 0 bridgehead atoms. The fourth-order valence-electron chi connectivity index (χ4n) is 2.52. The first-order chi connectivity index (χ1) is 7.24. The summed E-state index contributed by atoms with van der Waals surface area (Å²) in [7, 11) is 1.85. The number of nitrogens with one attached hydrogen (secondary N) is 1. The number of hydrogen-bond donors (Lipinski definition) is 1. The first-order valence-electron chi connectivity index (χ1n) is 5.35. The Bertz CT molecular complexity index is 331. The Morgan fingerprint density at radius 3 is 2.47 bits per heavy atom. The van der Waals surface area contributed by atoms with E-state index in [2.05, 4.69) is 5.32 Å². The molecule has 82 valence electrons. The quantitative estimate of drug-likeness (QED) is 0.793. The lowest BCUT2D eigenvalue weighted by Crippen LogP contribution is -2.28. The number of rotatable bonds is 2. The van der Waals surface area contributed by atoms with Gasteiger partial charge in [0.25, 0.3) is 0 Å². The molecular formula is C12H15F2N. The van der Waals surface area contributed by atoms with Gasteiger partial charge < -0.3 is 5.32 Å². The minimum atomic E-state index is -0.415. The van der Waals surface area contributed by atoms with Crippen LogP contribution in [0.5, 0.6) is 0 Å². The first-order valence-corrected chi connectivity index (χ1v) is 5.35. The maximum atomic E-state index is 13.5. The Hall–Kier alpha value is -0.960. The molecule has 2 atom stereocenters. The fourth-order valence-corrected chi connectivity index (χ4v) is 2.52. The van der Waals surface area contributed by atoms with Crippen molar-refractivity contribution in [3.63, 3.8) is 0 Å². The summed E-state index contributed by atoms with van der Waals surface area (Å²) in [5, 5.41) is 3.13. The molecule has 0 spiro atoms. The Labute approximate surface area is 88.5 Å². The van der Waals surface area contributed by atoms with Gasteiger partial charge in [0.15, 0.2) is 0 Å². The summed E-state index contributed by atoms with van der Waals surface area (Å²) < 4.78 is 27.1. The summed E-state index contributed by atoms with van der Waals surface area (Å²) in [6.07, 6.45) is 2.89. The van der Waals surface area contributed by atoms with Crippen LogP contribution in [0.1, 0.15) is 30.7 Å². The van der Waals surface area contributed by atoms with Crippen molar-refractivity contribution < 1.29 is 8.78 Å². The molecule has 1 aliphatic rings. The van der Waals surface area contributed by atoms with Gasteiger partial charge in [-0.1, -0.05) is 12.5 Å². The zero-order valence-corrected chi connectivity index (χ0v) is 8.76. The van der Waals surface area contributed by atoms with Crippen molar-refractivity contribution in [3.05, 3.63) is 35.4 Å². The van der Waals surface area contributed by atoms with Gasteiger partial charge in [0.05, 0.1) is 0 Å². The van der Waals surface area contributed by atoms with Crippen LogP contribution in [0.4, 0.5) is 8.78 Å². The third kappa shape index (κ3) is 1.88. The maximum Gasteiger partial charge on any atom is 0.129 e. The normalized spacial score (nSPS) is 25.8. The molecule has 0 aliphatic heterocycles. The van der Waals surface area contributed by atoms with Crippen molar-refractivity contribution >= 4 is 0 Å². The van der Waals surface area contributed by atoms with Gasteiger partial charge in [-0.3, -0.25) is 0 Å². The monoisotopic (exact) mass is 211 g/mol. The van der Waals surface area contributed by atoms with Crippen LogP contribution in [0, 0.1) is 11.6 Å². The summed E-state index contributed by atoms with van der Waals surface area (Å²) in [4.78, 5) is 0. The van der Waals surface area contributed by atoms with Crippen LogP contribution >= 0.6 is 0 Å². The lowest BCUT2D eigenvalue weighted by Gasteiger charge is -2.20. The molecule has 2 unspecified atom stereocenters. The molecule has 1 N–H and O–H groups in total. The van der Waals surface area contributed by atoms with Crippen LogP contribution in [0.2, 0.25) is 0 Å². The molecule has 1 aromatic carbocycles. The van der Waals surface area contributed by atoms with Crippen molar-refractivity contribution in [1.82, 2.24) is 5.32 Å². The fraction of sp³-hybridized carbons (Fsp3) is 0.500. The van der Waals surface area contributed by atoms with E-state index >= 15 is 0 Å². The highest BCUT2D eigenvalue weighted by Gasteiger charge is 2.31. The number of halogens is 2. The third-order valence-corrected chi connectivity index (χ3v) is 3.26. The lowest BCUT2D eigenvalue weighted by atomic mass is 9.93. The van der Waals surface area contributed by atoms with Crippen LogP contribution < -0.4 is 5.32 Å². The van der Waals surface area contributed by atoms with Crippen LogP contribution in [-0.4, -0.2) is 13.1 Å². The maximum absolute atomic E-state index is 13.5. The van der Waals surface area contributed by atoms with E-state index in [1.165, 1.54) is 18.2 Å². The van der Waals surface area contributed by atoms with Crippen LogP contribution in [0.25, 0.3) is 0 Å². The highest BCUT2D eigenvalue weighted by atomic mass is 19.1. The predicted molar refractivity (Wildman–Crippen MR) is 55.8 cm³/mol. The van der Waals surface area contributed by atoms with E-state index in [9.17, 15) is 8.78 Å². The van der Waals surface area contributed by atoms with Gasteiger partial charge in [-0.05, 0) is 32.0 Å². The van der Waals surface area contributed by atoms with Gasteiger partial charge in [0.1, 0.15) is 11.6 Å². The minimum Gasteiger partial charge on any atom is -0.316 e. The van der Waals surface area contributed by atoms with Gasteiger partial charge in [-0.2, -0.15) is 0 Å². The number of likely N-dealkylation sites (N-methyl/N-ethyl adjacent to an activating group) is 1. The summed E-state index contributed by atoms with van der Waals surface area (Å²) in [6, 6.07) is 4.29. The van der Waals surface area contributed by atoms with E-state index in [-0.39, 0.29) is 17.5 Å². The van der Waals surface area contributed by atoms with E-state index in [4.69, 9.17) is 0 Å². The standard InChI is InChI=1S/C12H15F2N/c1-15-11-7-2-4-8(11)12-9(13)5-3-6-10(12)14/h3,5-6,8,11,15H,2,4,7H2,1H3. The SMILES string of the molecule is CNC1CCCC1c1c(F)cccc1F. The highest BCUT2D eigenvalue weighted by molar-refractivity contribution is 5.26. The van der Waals surface area contributed by atoms with Gasteiger partial charge in [0, 0.05) is 17.5 Å². The van der Waals surface area contributed by atoms with Crippen molar-refractivity contribution in [3.8, 4) is 0 Å². The molecule has 2 rings (SSSR count). The second kappa shape index (κ2) is 4.27. The Morgan fingerprint density at radius 1 is 1.20 bits per heavy atom. The van der Waals surface area contributed by atoms with E-state index in [0.29, 0.717) is 0 Å². The van der Waals surface area contributed by atoms with E-state index in [0.717, 1.165) is 19.3 Å². The Balaban J connectivity index is 2.36. The Morgan fingerprint density at radius 2 is 1.87 bits per heavy atom. The van der Waals surface area contributed by atoms with Gasteiger partial charge >= 0.3 is 0 Å². The summed E-state index contributed by atoms with van der Waals surface area (Å²) in [6.45, 7) is 0. The second-order valence-electron chi connectivity index (χ2n) is 4.07. The number of hydrogen-bond acceptors (Lipinski definition) is 1. The molecule has 0 amide bonds. The molecule has 1 aliphatic carbocycles. The van der Waals surface area contributed by atoms with Gasteiger partial charge in [0.2, 0.25) is 0 Å². The molecule has 1 nitrogen and oxygen atoms in total. The second-order valence-corrected chi connectivity index (χ2v) is 4.07. The summed E-state index contributed by atoms with van der Waals surface area (Å²) in [5.74, 6) is -0.847. The molecule has 1 aromatic rings. The first kappa shape index (κ1) is 10.6. The smallest absolute Gasteiger partial charge is 0.129 e. The molecule has 0 saturated heterocycles. The molecule has 1 saturated carbocycles. The average Bonchev–Trinajstić information content (AvgIpc) is 2.65. The molecule has 0 radical (unpaired) electrons. The zero-order chi connectivity index (χ0) is 10.8. The molecule has 0 heterocycles. The Kier molecular flexibility index (Phi) is 3.00. The summed E-state index contributed by atoms with van der Waals surface area (Å²) in [5.41, 5.74) is 0.259. The molecule has 0 aromatic heterocycles. The van der Waals surface area contributed by atoms with E-state index in [1.54, 1.807) is 0 Å². The van der Waals surface area contributed by atoms with Crippen molar-refractivity contribution in [2.45, 2.75) is 31.2 Å². The lowest BCUT2D eigenvalue weighted by molar-refractivity contribution is 0.468. The zero-order valence-electron chi connectivity index (χ0n) is 8.76. The van der Waals surface area contributed by atoms with Crippen LogP contribution in [0.15, 0.2) is 18.2 Å². The average molecular weight is 211 g/mol. The van der Waals surface area contributed by atoms with Crippen LogP contribution in [0.3, 0.4) is 0 Å². The molecule has 15 heavy (non-hydrogen) atoms. The molecular weight excluding hydrogens is 196 g/mol. The van der Waals surface area contributed by atoms with Crippen LogP contribution in [-0.2, 0) is 0 Å². The van der Waals surface area contributed by atoms with E-state index in [1.807, 2.05) is 7.05 Å². The molecule has 1 fully saturated rings. The van der Waals surface area contributed by atoms with E-state index < -0.39 is 11.6 Å². The minimum absolute atomic E-state index is 0.0174. The van der Waals surface area contributed by atoms with Gasteiger partial charge in [-0.15, -0.1) is 0 Å². The van der Waals surface area contributed by atoms with Crippen molar-refractivity contribution in [1.29, 1.82) is 0 Å². The molecule has 3 heteroatoms. The van der Waals surface area contributed by atoms with Crippen molar-refractivity contribution in [2.75, 3.05) is 7.05 Å². The number of benzene rings is 1. The van der Waals surface area contributed by atoms with Crippen molar-refractivity contribution in [2.24, 2.45) is 0 Å². The van der Waals surface area contributed by atoms with Gasteiger partial charge in [-0.25, -0.2) is 8.78 Å².